The van der Waals surface area contributed by atoms with Gasteiger partial charge in [0, 0.05) is 19.5 Å². The molecule has 1 aliphatic rings. The minimum Gasteiger partial charge on any atom is -0.297 e. The summed E-state index contributed by atoms with van der Waals surface area (Å²) in [4.78, 5) is 0. The lowest BCUT2D eigenvalue weighted by molar-refractivity contribution is 0.303. The predicted molar refractivity (Wildman–Crippen MR) is 48.7 cm³/mol. The van der Waals surface area contributed by atoms with Crippen molar-refractivity contribution in [3.8, 4) is 0 Å². The molecule has 0 spiro atoms. The first-order valence-electron chi connectivity index (χ1n) is 4.21. The van der Waals surface area contributed by atoms with Gasteiger partial charge in [0.2, 0.25) is 0 Å². The van der Waals surface area contributed by atoms with E-state index in [0.717, 1.165) is 12.8 Å². The van der Waals surface area contributed by atoms with Gasteiger partial charge in [0.1, 0.15) is 0 Å². The number of rotatable bonds is 2. The van der Waals surface area contributed by atoms with Crippen molar-refractivity contribution in [1.29, 1.82) is 0 Å². The Morgan fingerprint density at radius 2 is 2.45 bits per heavy atom. The van der Waals surface area contributed by atoms with Gasteiger partial charge < -0.3 is 0 Å². The maximum atomic E-state index is 4.37. The van der Waals surface area contributed by atoms with Gasteiger partial charge in [-0.3, -0.25) is 5.01 Å². The lowest BCUT2D eigenvalue weighted by Gasteiger charge is -2.11. The maximum absolute atomic E-state index is 4.37. The summed E-state index contributed by atoms with van der Waals surface area (Å²) in [6.07, 6.45) is 6.47. The molecule has 0 saturated carbocycles. The van der Waals surface area contributed by atoms with Crippen molar-refractivity contribution in [2.75, 3.05) is 7.05 Å². The second kappa shape index (κ2) is 3.56. The smallest absolute Gasteiger partial charge is 0.0623 e. The number of hydrogen-bond donors (Lipinski definition) is 0. The van der Waals surface area contributed by atoms with E-state index in [0.29, 0.717) is 6.04 Å². The Morgan fingerprint density at radius 1 is 1.73 bits per heavy atom. The fraction of sp³-hybridized carbons (Fsp3) is 0.667. The van der Waals surface area contributed by atoms with Crippen molar-refractivity contribution in [3.05, 3.63) is 12.2 Å². The molecule has 0 aromatic carbocycles. The highest BCUT2D eigenvalue weighted by molar-refractivity contribution is 5.96. The lowest BCUT2D eigenvalue weighted by atomic mass is 10.1. The zero-order chi connectivity index (χ0) is 8.27. The van der Waals surface area contributed by atoms with E-state index >= 15 is 0 Å². The van der Waals surface area contributed by atoms with Crippen LogP contribution in [-0.4, -0.2) is 23.8 Å². The molecular formula is C9H16N2. The topological polar surface area (TPSA) is 15.6 Å². The van der Waals surface area contributed by atoms with Crippen molar-refractivity contribution >= 4 is 5.71 Å². The van der Waals surface area contributed by atoms with E-state index < -0.39 is 0 Å². The van der Waals surface area contributed by atoms with E-state index in [-0.39, 0.29) is 0 Å². The molecule has 0 aromatic heterocycles. The van der Waals surface area contributed by atoms with Gasteiger partial charge in [-0.2, -0.15) is 5.10 Å². The van der Waals surface area contributed by atoms with Gasteiger partial charge >= 0.3 is 0 Å². The molecule has 0 N–H and O–H groups in total. The molecule has 1 atom stereocenters. The molecule has 0 aromatic rings. The summed E-state index contributed by atoms with van der Waals surface area (Å²) in [7, 11) is 2.03. The zero-order valence-electron chi connectivity index (χ0n) is 7.54. The molecule has 0 saturated heterocycles. The highest BCUT2D eigenvalue weighted by Gasteiger charge is 2.16. The van der Waals surface area contributed by atoms with E-state index in [1.54, 1.807) is 0 Å². The third kappa shape index (κ3) is 2.07. The van der Waals surface area contributed by atoms with Crippen molar-refractivity contribution in [2.24, 2.45) is 5.10 Å². The SMILES string of the molecule is CC/C=C\C1=NN(C)C(C)C1. The van der Waals surface area contributed by atoms with E-state index in [2.05, 4.69) is 31.1 Å². The Hall–Kier alpha value is -0.790. The van der Waals surface area contributed by atoms with Crippen molar-refractivity contribution in [2.45, 2.75) is 32.7 Å². The minimum absolute atomic E-state index is 0.575. The van der Waals surface area contributed by atoms with Crippen LogP contribution in [0.5, 0.6) is 0 Å². The monoisotopic (exact) mass is 152 g/mol. The van der Waals surface area contributed by atoms with E-state index in [1.807, 2.05) is 12.1 Å². The molecular weight excluding hydrogens is 136 g/mol. The van der Waals surface area contributed by atoms with Gasteiger partial charge in [0.15, 0.2) is 0 Å². The van der Waals surface area contributed by atoms with Crippen molar-refractivity contribution in [3.63, 3.8) is 0 Å². The fourth-order valence-electron chi connectivity index (χ4n) is 1.13. The number of allylic oxidation sites excluding steroid dienone is 2. The summed E-state index contributed by atoms with van der Waals surface area (Å²) in [5.74, 6) is 0. The van der Waals surface area contributed by atoms with Gasteiger partial charge in [-0.05, 0) is 19.4 Å². The summed E-state index contributed by atoms with van der Waals surface area (Å²) in [6.45, 7) is 4.33. The van der Waals surface area contributed by atoms with Crippen LogP contribution < -0.4 is 0 Å². The summed E-state index contributed by atoms with van der Waals surface area (Å²) in [5.41, 5.74) is 1.21. The number of nitrogens with zero attached hydrogens (tertiary/aromatic N) is 2. The molecule has 62 valence electrons. The highest BCUT2D eigenvalue weighted by atomic mass is 15.5. The summed E-state index contributed by atoms with van der Waals surface area (Å²) < 4.78 is 0. The fourth-order valence-corrected chi connectivity index (χ4v) is 1.13. The Bertz CT molecular complexity index is 182. The predicted octanol–water partition coefficient (Wildman–Crippen LogP) is 2.03. The molecule has 1 unspecified atom stereocenters. The molecule has 0 bridgehead atoms. The molecule has 11 heavy (non-hydrogen) atoms. The van der Waals surface area contributed by atoms with Gasteiger partial charge in [0.25, 0.3) is 0 Å². The van der Waals surface area contributed by atoms with Crippen LogP contribution in [0.25, 0.3) is 0 Å². The molecule has 1 aliphatic heterocycles. The van der Waals surface area contributed by atoms with Crippen LogP contribution in [0.15, 0.2) is 17.3 Å². The molecule has 0 radical (unpaired) electrons. The third-order valence-corrected chi connectivity index (χ3v) is 1.97. The largest absolute Gasteiger partial charge is 0.297 e. The van der Waals surface area contributed by atoms with Crippen LogP contribution in [0.1, 0.15) is 26.7 Å². The highest BCUT2D eigenvalue weighted by Crippen LogP contribution is 2.12. The second-order valence-corrected chi connectivity index (χ2v) is 3.03. The Morgan fingerprint density at radius 3 is 2.91 bits per heavy atom. The van der Waals surface area contributed by atoms with Crippen LogP contribution in [0.3, 0.4) is 0 Å². The zero-order valence-corrected chi connectivity index (χ0v) is 7.54. The second-order valence-electron chi connectivity index (χ2n) is 3.03. The number of hydrogen-bond acceptors (Lipinski definition) is 2. The van der Waals surface area contributed by atoms with E-state index in [4.69, 9.17) is 0 Å². The average molecular weight is 152 g/mol. The molecule has 1 heterocycles. The summed E-state index contributed by atoms with van der Waals surface area (Å²) >= 11 is 0. The first kappa shape index (κ1) is 8.31. The summed E-state index contributed by atoms with van der Waals surface area (Å²) in [5, 5.41) is 6.39. The Balaban J connectivity index is 2.50. The first-order chi connectivity index (χ1) is 5.24. The minimum atomic E-state index is 0.575. The quantitative estimate of drug-likeness (QED) is 0.591. The molecule has 2 heteroatoms. The van der Waals surface area contributed by atoms with Crippen molar-refractivity contribution in [1.82, 2.24) is 5.01 Å². The van der Waals surface area contributed by atoms with Crippen LogP contribution in [0, 0.1) is 0 Å². The van der Waals surface area contributed by atoms with Crippen molar-refractivity contribution < 1.29 is 0 Å². The molecule has 1 rings (SSSR count). The lowest BCUT2D eigenvalue weighted by Crippen LogP contribution is -2.17. The van der Waals surface area contributed by atoms with Crippen LogP contribution in [-0.2, 0) is 0 Å². The molecule has 2 nitrogen and oxygen atoms in total. The molecule has 0 fully saturated rings. The standard InChI is InChI=1S/C9H16N2/c1-4-5-6-9-7-8(2)11(3)10-9/h5-6,8H,4,7H2,1-3H3/b6-5-. The normalized spacial score (nSPS) is 24.8. The van der Waals surface area contributed by atoms with Gasteiger partial charge in [-0.1, -0.05) is 13.0 Å². The Kier molecular flexibility index (Phi) is 2.69. The van der Waals surface area contributed by atoms with Gasteiger partial charge in [0.05, 0.1) is 5.71 Å². The van der Waals surface area contributed by atoms with Gasteiger partial charge in [-0.15, -0.1) is 0 Å². The van der Waals surface area contributed by atoms with Crippen LogP contribution in [0.2, 0.25) is 0 Å². The first-order valence-corrected chi connectivity index (χ1v) is 4.21. The number of hydrazone groups is 1. The van der Waals surface area contributed by atoms with Crippen LogP contribution >= 0.6 is 0 Å². The maximum Gasteiger partial charge on any atom is 0.0623 e. The van der Waals surface area contributed by atoms with Crippen LogP contribution in [0.4, 0.5) is 0 Å². The average Bonchev–Trinajstić information content (AvgIpc) is 2.28. The molecule has 0 aliphatic carbocycles. The third-order valence-electron chi connectivity index (χ3n) is 1.97. The van der Waals surface area contributed by atoms with E-state index in [1.165, 1.54) is 5.71 Å². The van der Waals surface area contributed by atoms with E-state index in [9.17, 15) is 0 Å². The summed E-state index contributed by atoms with van der Waals surface area (Å²) in [6, 6.07) is 0.575. The Labute approximate surface area is 68.6 Å². The molecule has 0 amide bonds. The van der Waals surface area contributed by atoms with Gasteiger partial charge in [-0.25, -0.2) is 0 Å².